The van der Waals surface area contributed by atoms with Gasteiger partial charge >= 0.3 is 0 Å². The van der Waals surface area contributed by atoms with Crippen LogP contribution < -0.4 is 16.0 Å². The van der Waals surface area contributed by atoms with Crippen molar-refractivity contribution in [1.82, 2.24) is 15.3 Å². The van der Waals surface area contributed by atoms with E-state index in [1.54, 1.807) is 13.1 Å². The number of carbonyl (C=O) groups excluding carboxylic acids is 1. The molecule has 100 valence electrons. The first kappa shape index (κ1) is 14.2. The summed E-state index contributed by atoms with van der Waals surface area (Å²) in [5, 5.41) is 2.60. The fraction of sp³-hybridized carbons (Fsp3) is 0.583. The normalized spacial score (nSPS) is 10.5. The van der Waals surface area contributed by atoms with Gasteiger partial charge in [-0.15, -0.1) is 0 Å². The number of anilines is 2. The summed E-state index contributed by atoms with van der Waals surface area (Å²) in [6.07, 6.45) is 0. The van der Waals surface area contributed by atoms with Gasteiger partial charge in [-0.2, -0.15) is 0 Å². The van der Waals surface area contributed by atoms with Gasteiger partial charge in [0.1, 0.15) is 17.5 Å². The molecular weight excluding hydrogens is 230 g/mol. The summed E-state index contributed by atoms with van der Waals surface area (Å²) in [4.78, 5) is 21.9. The lowest BCUT2D eigenvalue weighted by Crippen LogP contribution is -2.36. The maximum Gasteiger partial charge on any atom is 0.239 e. The van der Waals surface area contributed by atoms with Gasteiger partial charge < -0.3 is 16.0 Å². The van der Waals surface area contributed by atoms with Crippen molar-refractivity contribution >= 4 is 17.5 Å². The Balaban J connectivity index is 3.01. The largest absolute Gasteiger partial charge is 0.384 e. The lowest BCUT2D eigenvalue weighted by Gasteiger charge is -2.22. The van der Waals surface area contributed by atoms with Crippen LogP contribution >= 0.6 is 0 Å². The van der Waals surface area contributed by atoms with Crippen molar-refractivity contribution in [3.05, 3.63) is 11.9 Å². The fourth-order valence-corrected chi connectivity index (χ4v) is 1.50. The van der Waals surface area contributed by atoms with Crippen LogP contribution in [0.15, 0.2) is 6.07 Å². The van der Waals surface area contributed by atoms with Crippen LogP contribution in [0.3, 0.4) is 0 Å². The summed E-state index contributed by atoms with van der Waals surface area (Å²) in [6.45, 7) is 6.93. The summed E-state index contributed by atoms with van der Waals surface area (Å²) in [6, 6.07) is 1.69. The number of nitrogen functional groups attached to an aromatic ring is 1. The molecule has 0 unspecified atom stereocenters. The molecule has 0 radical (unpaired) electrons. The summed E-state index contributed by atoms with van der Waals surface area (Å²) < 4.78 is 0. The first-order valence-electron chi connectivity index (χ1n) is 6.07. The van der Waals surface area contributed by atoms with Crippen LogP contribution in [0.2, 0.25) is 0 Å². The summed E-state index contributed by atoms with van der Waals surface area (Å²) >= 11 is 0. The van der Waals surface area contributed by atoms with E-state index in [-0.39, 0.29) is 18.4 Å². The predicted molar refractivity (Wildman–Crippen MR) is 72.5 cm³/mol. The molecule has 0 aromatic carbocycles. The van der Waals surface area contributed by atoms with Crippen LogP contribution in [0.25, 0.3) is 0 Å². The zero-order valence-corrected chi connectivity index (χ0v) is 11.4. The van der Waals surface area contributed by atoms with Gasteiger partial charge in [-0.1, -0.05) is 13.8 Å². The minimum Gasteiger partial charge on any atom is -0.384 e. The molecule has 0 aliphatic heterocycles. The highest BCUT2D eigenvalue weighted by Gasteiger charge is 2.13. The molecule has 0 aliphatic carbocycles. The van der Waals surface area contributed by atoms with Crippen molar-refractivity contribution in [3.63, 3.8) is 0 Å². The Labute approximate surface area is 108 Å². The average Bonchev–Trinajstić information content (AvgIpc) is 2.34. The van der Waals surface area contributed by atoms with Crippen LogP contribution in [0.4, 0.5) is 11.6 Å². The predicted octanol–water partition coefficient (Wildman–Crippen LogP) is 0.754. The number of rotatable bonds is 5. The SMILES string of the molecule is CCN(CC(=O)NC)c1cc(N)nc(C(C)C)n1. The maximum atomic E-state index is 11.4. The smallest absolute Gasteiger partial charge is 0.239 e. The molecule has 0 saturated carbocycles. The van der Waals surface area contributed by atoms with Gasteiger partial charge in [0.25, 0.3) is 0 Å². The van der Waals surface area contributed by atoms with Gasteiger partial charge in [0, 0.05) is 25.6 Å². The first-order valence-corrected chi connectivity index (χ1v) is 6.07. The standard InChI is InChI=1S/C12H21N5O/c1-5-17(7-11(18)14-4)10-6-9(13)15-12(16-10)8(2)3/h6,8H,5,7H2,1-4H3,(H,14,18)(H2,13,15,16). The molecule has 1 aromatic heterocycles. The van der Waals surface area contributed by atoms with Gasteiger partial charge in [-0.25, -0.2) is 9.97 Å². The van der Waals surface area contributed by atoms with Crippen molar-refractivity contribution in [2.45, 2.75) is 26.7 Å². The Hall–Kier alpha value is -1.85. The third kappa shape index (κ3) is 3.58. The number of carbonyl (C=O) groups is 1. The van der Waals surface area contributed by atoms with Crippen LogP contribution in [-0.4, -0.2) is 36.0 Å². The second kappa shape index (κ2) is 6.18. The number of likely N-dealkylation sites (N-methyl/N-ethyl adjacent to an activating group) is 2. The third-order valence-corrected chi connectivity index (χ3v) is 2.59. The molecule has 0 bridgehead atoms. The highest BCUT2D eigenvalue weighted by molar-refractivity contribution is 5.80. The molecule has 0 saturated heterocycles. The molecule has 0 atom stereocenters. The van der Waals surface area contributed by atoms with Crippen molar-refractivity contribution in [2.75, 3.05) is 30.8 Å². The third-order valence-electron chi connectivity index (χ3n) is 2.59. The lowest BCUT2D eigenvalue weighted by atomic mass is 10.2. The summed E-state index contributed by atoms with van der Waals surface area (Å²) in [5.41, 5.74) is 5.77. The first-order chi connectivity index (χ1) is 8.47. The van der Waals surface area contributed by atoms with E-state index in [4.69, 9.17) is 5.73 Å². The molecular formula is C12H21N5O. The highest BCUT2D eigenvalue weighted by Crippen LogP contribution is 2.18. The van der Waals surface area contributed by atoms with Crippen LogP contribution in [-0.2, 0) is 4.79 Å². The molecule has 18 heavy (non-hydrogen) atoms. The topological polar surface area (TPSA) is 84.1 Å². The highest BCUT2D eigenvalue weighted by atomic mass is 16.1. The Bertz CT molecular complexity index is 419. The van der Waals surface area contributed by atoms with Gasteiger partial charge in [-0.3, -0.25) is 4.79 Å². The number of nitrogens with one attached hydrogen (secondary N) is 1. The monoisotopic (exact) mass is 251 g/mol. The maximum absolute atomic E-state index is 11.4. The average molecular weight is 251 g/mol. The van der Waals surface area contributed by atoms with Gasteiger partial charge in [0.15, 0.2) is 0 Å². The number of nitrogens with two attached hydrogens (primary N) is 1. The fourth-order valence-electron chi connectivity index (χ4n) is 1.50. The molecule has 1 heterocycles. The second-order valence-electron chi connectivity index (χ2n) is 4.35. The molecule has 3 N–H and O–H groups in total. The molecule has 0 fully saturated rings. The van der Waals surface area contributed by atoms with Gasteiger partial charge in [0.05, 0.1) is 6.54 Å². The number of hydrogen-bond acceptors (Lipinski definition) is 5. The van der Waals surface area contributed by atoms with Crippen LogP contribution in [0.5, 0.6) is 0 Å². The quantitative estimate of drug-likeness (QED) is 0.807. The van der Waals surface area contributed by atoms with Crippen LogP contribution in [0.1, 0.15) is 32.5 Å². The Morgan fingerprint density at radius 2 is 2.17 bits per heavy atom. The van der Waals surface area contributed by atoms with E-state index < -0.39 is 0 Å². The number of amides is 1. The van der Waals surface area contributed by atoms with E-state index in [0.29, 0.717) is 24.0 Å². The zero-order chi connectivity index (χ0) is 13.7. The Kier molecular flexibility index (Phi) is 4.88. The van der Waals surface area contributed by atoms with Gasteiger partial charge in [0.2, 0.25) is 5.91 Å². The molecule has 6 nitrogen and oxygen atoms in total. The van der Waals surface area contributed by atoms with E-state index in [0.717, 1.165) is 0 Å². The molecule has 6 heteroatoms. The number of aromatic nitrogens is 2. The van der Waals surface area contributed by atoms with E-state index in [2.05, 4.69) is 15.3 Å². The van der Waals surface area contributed by atoms with Crippen molar-refractivity contribution in [1.29, 1.82) is 0 Å². The number of hydrogen-bond donors (Lipinski definition) is 2. The molecule has 0 aliphatic rings. The minimum atomic E-state index is -0.0554. The molecule has 1 amide bonds. The van der Waals surface area contributed by atoms with E-state index in [1.165, 1.54) is 0 Å². The van der Waals surface area contributed by atoms with Crippen molar-refractivity contribution in [3.8, 4) is 0 Å². The zero-order valence-electron chi connectivity index (χ0n) is 11.4. The minimum absolute atomic E-state index is 0.0554. The van der Waals surface area contributed by atoms with E-state index in [1.807, 2.05) is 25.7 Å². The van der Waals surface area contributed by atoms with E-state index >= 15 is 0 Å². The molecule has 1 rings (SSSR count). The summed E-state index contributed by atoms with van der Waals surface area (Å²) in [7, 11) is 1.62. The van der Waals surface area contributed by atoms with Crippen molar-refractivity contribution < 1.29 is 4.79 Å². The van der Waals surface area contributed by atoms with Crippen LogP contribution in [0, 0.1) is 0 Å². The second-order valence-corrected chi connectivity index (χ2v) is 4.35. The van der Waals surface area contributed by atoms with Gasteiger partial charge in [-0.05, 0) is 6.92 Å². The Morgan fingerprint density at radius 3 is 2.67 bits per heavy atom. The number of nitrogens with zero attached hydrogens (tertiary/aromatic N) is 3. The molecule has 0 spiro atoms. The molecule has 1 aromatic rings. The van der Waals surface area contributed by atoms with E-state index in [9.17, 15) is 4.79 Å². The summed E-state index contributed by atoms with van der Waals surface area (Å²) in [5.74, 6) is 1.96. The van der Waals surface area contributed by atoms with Crippen molar-refractivity contribution in [2.24, 2.45) is 0 Å². The Morgan fingerprint density at radius 1 is 1.50 bits per heavy atom. The lowest BCUT2D eigenvalue weighted by molar-refractivity contribution is -0.119.